The van der Waals surface area contributed by atoms with Gasteiger partial charge in [-0.2, -0.15) is 5.10 Å². The van der Waals surface area contributed by atoms with E-state index in [1.807, 2.05) is 31.3 Å². The van der Waals surface area contributed by atoms with Crippen LogP contribution in [-0.4, -0.2) is 44.9 Å². The van der Waals surface area contributed by atoms with E-state index in [4.69, 9.17) is 15.2 Å². The Kier molecular flexibility index (Phi) is 6.30. The van der Waals surface area contributed by atoms with E-state index in [0.717, 1.165) is 17.0 Å². The average Bonchev–Trinajstić information content (AvgIpc) is 3.42. The lowest BCUT2D eigenvalue weighted by Crippen LogP contribution is -2.15. The molecule has 0 saturated carbocycles. The summed E-state index contributed by atoms with van der Waals surface area (Å²) in [5.74, 6) is 0.482. The predicted octanol–water partition coefficient (Wildman–Crippen LogP) is 3.29. The smallest absolute Gasteiger partial charge is 0.343 e. The second-order valence-electron chi connectivity index (χ2n) is 7.33. The van der Waals surface area contributed by atoms with Crippen LogP contribution in [0.3, 0.4) is 0 Å². The molecule has 10 heteroatoms. The zero-order valence-corrected chi connectivity index (χ0v) is 19.0. The van der Waals surface area contributed by atoms with E-state index in [0.29, 0.717) is 17.2 Å². The Hall–Kier alpha value is -4.60. The fourth-order valence-corrected chi connectivity index (χ4v) is 3.41. The van der Waals surface area contributed by atoms with Gasteiger partial charge in [0.25, 0.3) is 5.91 Å². The molecule has 0 aliphatic heterocycles. The number of imidazole rings is 1. The van der Waals surface area contributed by atoms with Crippen molar-refractivity contribution in [3.05, 3.63) is 72.1 Å². The second-order valence-corrected chi connectivity index (χ2v) is 7.33. The molecule has 1 amide bonds. The number of nitrogens with zero attached hydrogens (tertiary/aromatic N) is 4. The molecule has 0 fully saturated rings. The number of benzene rings is 2. The highest BCUT2D eigenvalue weighted by molar-refractivity contribution is 6.03. The van der Waals surface area contributed by atoms with Crippen LogP contribution in [0.2, 0.25) is 0 Å². The first-order chi connectivity index (χ1) is 16.4. The SMILES string of the molecule is CCOC(=O)c1cnn(-c2ccc(C(=O)Nc3ncc(-c4ccc(OC)cc4)n3C)cc2)c1N. The monoisotopic (exact) mass is 460 g/mol. The van der Waals surface area contributed by atoms with Crippen LogP contribution in [-0.2, 0) is 11.8 Å². The van der Waals surface area contributed by atoms with Crippen molar-refractivity contribution < 1.29 is 19.1 Å². The van der Waals surface area contributed by atoms with Crippen molar-refractivity contribution in [2.45, 2.75) is 6.92 Å². The number of methoxy groups -OCH3 is 1. The number of nitrogens with one attached hydrogen (secondary N) is 1. The minimum atomic E-state index is -0.536. The third kappa shape index (κ3) is 4.33. The summed E-state index contributed by atoms with van der Waals surface area (Å²) in [5.41, 5.74) is 9.05. The van der Waals surface area contributed by atoms with Gasteiger partial charge in [-0.3, -0.25) is 10.1 Å². The molecule has 174 valence electrons. The zero-order valence-electron chi connectivity index (χ0n) is 19.0. The minimum Gasteiger partial charge on any atom is -0.497 e. The largest absolute Gasteiger partial charge is 0.497 e. The summed E-state index contributed by atoms with van der Waals surface area (Å²) in [6, 6.07) is 14.2. The molecule has 0 aliphatic carbocycles. The number of carbonyl (C=O) groups is 2. The normalized spacial score (nSPS) is 10.7. The van der Waals surface area contributed by atoms with E-state index < -0.39 is 5.97 Å². The number of rotatable bonds is 7. The Morgan fingerprint density at radius 1 is 1.06 bits per heavy atom. The van der Waals surface area contributed by atoms with Crippen LogP contribution in [0, 0.1) is 0 Å². The van der Waals surface area contributed by atoms with Crippen molar-refractivity contribution >= 4 is 23.6 Å². The Balaban J connectivity index is 1.49. The second kappa shape index (κ2) is 9.49. The van der Waals surface area contributed by atoms with Crippen molar-refractivity contribution in [3.8, 4) is 22.7 Å². The van der Waals surface area contributed by atoms with Gasteiger partial charge >= 0.3 is 5.97 Å². The number of hydrogen-bond acceptors (Lipinski definition) is 7. The number of carbonyl (C=O) groups excluding carboxylic acids is 2. The first kappa shape index (κ1) is 22.6. The van der Waals surface area contributed by atoms with Crippen LogP contribution in [0.4, 0.5) is 11.8 Å². The fraction of sp³-hybridized carbons (Fsp3) is 0.167. The highest BCUT2D eigenvalue weighted by Crippen LogP contribution is 2.25. The molecule has 4 aromatic rings. The number of nitrogen functional groups attached to an aromatic ring is 1. The lowest BCUT2D eigenvalue weighted by atomic mass is 10.1. The van der Waals surface area contributed by atoms with Gasteiger partial charge in [-0.25, -0.2) is 14.5 Å². The molecule has 0 bridgehead atoms. The topological polar surface area (TPSA) is 126 Å². The molecule has 0 aliphatic rings. The van der Waals surface area contributed by atoms with Gasteiger partial charge in [0.15, 0.2) is 0 Å². The molecular formula is C24H24N6O4. The average molecular weight is 460 g/mol. The number of ether oxygens (including phenoxy) is 2. The fourth-order valence-electron chi connectivity index (χ4n) is 3.41. The summed E-state index contributed by atoms with van der Waals surface area (Å²) in [4.78, 5) is 29.1. The molecule has 0 spiro atoms. The molecule has 2 aromatic heterocycles. The maximum Gasteiger partial charge on any atom is 0.343 e. The van der Waals surface area contributed by atoms with Crippen LogP contribution >= 0.6 is 0 Å². The van der Waals surface area contributed by atoms with Crippen molar-refractivity contribution in [1.29, 1.82) is 0 Å². The van der Waals surface area contributed by atoms with E-state index in [9.17, 15) is 9.59 Å². The summed E-state index contributed by atoms with van der Waals surface area (Å²) < 4.78 is 13.4. The van der Waals surface area contributed by atoms with Crippen LogP contribution in [0.15, 0.2) is 60.9 Å². The van der Waals surface area contributed by atoms with Crippen LogP contribution in [0.1, 0.15) is 27.6 Å². The van der Waals surface area contributed by atoms with Gasteiger partial charge in [-0.15, -0.1) is 0 Å². The first-order valence-corrected chi connectivity index (χ1v) is 10.5. The Morgan fingerprint density at radius 3 is 2.41 bits per heavy atom. The van der Waals surface area contributed by atoms with E-state index in [2.05, 4.69) is 15.4 Å². The molecule has 2 heterocycles. The molecule has 3 N–H and O–H groups in total. The maximum absolute atomic E-state index is 12.8. The van der Waals surface area contributed by atoms with Crippen molar-refractivity contribution in [2.75, 3.05) is 24.8 Å². The van der Waals surface area contributed by atoms with Crippen molar-refractivity contribution in [1.82, 2.24) is 19.3 Å². The zero-order chi connectivity index (χ0) is 24.2. The highest BCUT2D eigenvalue weighted by Gasteiger charge is 2.18. The number of hydrogen-bond donors (Lipinski definition) is 2. The van der Waals surface area contributed by atoms with E-state index in [1.54, 1.807) is 49.1 Å². The number of nitrogens with two attached hydrogens (primary N) is 1. The molecule has 4 rings (SSSR count). The Labute approximate surface area is 195 Å². The molecule has 0 radical (unpaired) electrons. The van der Waals surface area contributed by atoms with E-state index in [-0.39, 0.29) is 23.9 Å². The summed E-state index contributed by atoms with van der Waals surface area (Å²) in [6.45, 7) is 1.96. The third-order valence-electron chi connectivity index (χ3n) is 5.28. The van der Waals surface area contributed by atoms with Crippen LogP contribution in [0.25, 0.3) is 16.9 Å². The standard InChI is InChI=1S/C24H24N6O4/c1-4-34-23(32)19-13-27-30(21(19)25)17-9-5-16(6-10-17)22(31)28-24-26-14-20(29(24)2)15-7-11-18(33-3)12-8-15/h5-14H,4,25H2,1-3H3,(H,26,28,31). The van der Waals surface area contributed by atoms with Gasteiger partial charge in [0, 0.05) is 18.2 Å². The predicted molar refractivity (Wildman–Crippen MR) is 127 cm³/mol. The molecule has 2 aromatic carbocycles. The van der Waals surface area contributed by atoms with Crippen molar-refractivity contribution in [2.24, 2.45) is 7.05 Å². The van der Waals surface area contributed by atoms with E-state index in [1.165, 1.54) is 10.9 Å². The first-order valence-electron chi connectivity index (χ1n) is 10.5. The van der Waals surface area contributed by atoms with Crippen LogP contribution < -0.4 is 15.8 Å². The van der Waals surface area contributed by atoms with Crippen LogP contribution in [0.5, 0.6) is 5.75 Å². The van der Waals surface area contributed by atoms with Gasteiger partial charge in [-0.05, 0) is 55.5 Å². The molecule has 34 heavy (non-hydrogen) atoms. The summed E-state index contributed by atoms with van der Waals surface area (Å²) in [7, 11) is 3.44. The van der Waals surface area contributed by atoms with Gasteiger partial charge in [0.05, 0.1) is 37.5 Å². The molecular weight excluding hydrogens is 436 g/mol. The number of aromatic nitrogens is 4. The van der Waals surface area contributed by atoms with Crippen molar-refractivity contribution in [3.63, 3.8) is 0 Å². The number of esters is 1. The lowest BCUT2D eigenvalue weighted by Gasteiger charge is -2.09. The van der Waals surface area contributed by atoms with Gasteiger partial charge in [0.2, 0.25) is 5.95 Å². The maximum atomic E-state index is 12.8. The van der Waals surface area contributed by atoms with E-state index >= 15 is 0 Å². The number of anilines is 2. The van der Waals surface area contributed by atoms with Gasteiger partial charge < -0.3 is 19.8 Å². The quantitative estimate of drug-likeness (QED) is 0.405. The number of amides is 1. The molecule has 10 nitrogen and oxygen atoms in total. The Bertz CT molecular complexity index is 1320. The molecule has 0 atom stereocenters. The lowest BCUT2D eigenvalue weighted by molar-refractivity contribution is 0.0527. The molecule has 0 unspecified atom stereocenters. The van der Waals surface area contributed by atoms with Gasteiger partial charge in [0.1, 0.15) is 17.1 Å². The summed E-state index contributed by atoms with van der Waals surface area (Å²) in [6.07, 6.45) is 3.05. The highest BCUT2D eigenvalue weighted by atomic mass is 16.5. The third-order valence-corrected chi connectivity index (χ3v) is 5.28. The molecule has 0 saturated heterocycles. The Morgan fingerprint density at radius 2 is 1.76 bits per heavy atom. The summed E-state index contributed by atoms with van der Waals surface area (Å²) >= 11 is 0. The summed E-state index contributed by atoms with van der Waals surface area (Å²) in [5, 5.41) is 6.98. The van der Waals surface area contributed by atoms with Gasteiger partial charge in [-0.1, -0.05) is 0 Å². The minimum absolute atomic E-state index is 0.162.